The first-order valence-corrected chi connectivity index (χ1v) is 9.77. The molecule has 1 aromatic heterocycles. The largest absolute Gasteiger partial charge is 0.369 e. The molecular formula is C21H21N3OS. The van der Waals surface area contributed by atoms with E-state index in [0.717, 1.165) is 35.8 Å². The molecule has 0 atom stereocenters. The zero-order valence-electron chi connectivity index (χ0n) is 14.5. The SMILES string of the molecule is O=C(Cc1csc(-c2ccccc2)n1)NCCN1CCc2ccccc21. The molecule has 2 aromatic carbocycles. The fourth-order valence-electron chi connectivity index (χ4n) is 3.30. The highest BCUT2D eigenvalue weighted by molar-refractivity contribution is 7.13. The van der Waals surface area contributed by atoms with Gasteiger partial charge in [0.2, 0.25) is 5.91 Å². The van der Waals surface area contributed by atoms with Gasteiger partial charge < -0.3 is 10.2 Å². The number of hydrogen-bond acceptors (Lipinski definition) is 4. The Kier molecular flexibility index (Phi) is 4.97. The summed E-state index contributed by atoms with van der Waals surface area (Å²) in [6.07, 6.45) is 1.42. The van der Waals surface area contributed by atoms with Crippen molar-refractivity contribution in [2.24, 2.45) is 0 Å². The maximum Gasteiger partial charge on any atom is 0.226 e. The fraction of sp³-hybridized carbons (Fsp3) is 0.238. The number of anilines is 1. The van der Waals surface area contributed by atoms with Gasteiger partial charge in [-0.15, -0.1) is 11.3 Å². The first-order valence-electron chi connectivity index (χ1n) is 8.89. The van der Waals surface area contributed by atoms with E-state index in [-0.39, 0.29) is 5.91 Å². The Balaban J connectivity index is 1.27. The molecule has 3 aromatic rings. The Hall–Kier alpha value is -2.66. The number of carbonyl (C=O) groups is 1. The summed E-state index contributed by atoms with van der Waals surface area (Å²) in [5, 5.41) is 5.95. The predicted molar refractivity (Wildman–Crippen MR) is 107 cm³/mol. The molecule has 132 valence electrons. The van der Waals surface area contributed by atoms with E-state index in [0.29, 0.717) is 13.0 Å². The third-order valence-electron chi connectivity index (χ3n) is 4.60. The van der Waals surface area contributed by atoms with E-state index in [1.54, 1.807) is 11.3 Å². The molecule has 0 bridgehead atoms. The number of carbonyl (C=O) groups excluding carboxylic acids is 1. The van der Waals surface area contributed by atoms with E-state index in [9.17, 15) is 4.79 Å². The second kappa shape index (κ2) is 7.70. The molecule has 1 aliphatic heterocycles. The summed E-state index contributed by atoms with van der Waals surface area (Å²) in [4.78, 5) is 19.1. The molecule has 5 heteroatoms. The first-order chi connectivity index (χ1) is 12.8. The van der Waals surface area contributed by atoms with E-state index < -0.39 is 0 Å². The van der Waals surface area contributed by atoms with Crippen LogP contribution in [0, 0.1) is 0 Å². The fourth-order valence-corrected chi connectivity index (χ4v) is 4.12. The maximum atomic E-state index is 12.2. The molecule has 0 aliphatic carbocycles. The van der Waals surface area contributed by atoms with Crippen LogP contribution in [0.1, 0.15) is 11.3 Å². The smallest absolute Gasteiger partial charge is 0.226 e. The summed E-state index contributed by atoms with van der Waals surface area (Å²) in [6.45, 7) is 2.53. The molecule has 26 heavy (non-hydrogen) atoms. The van der Waals surface area contributed by atoms with Crippen molar-refractivity contribution in [3.8, 4) is 10.6 Å². The standard InChI is InChI=1S/C21H21N3OS/c25-20(14-18-15-26-21(23-18)17-7-2-1-3-8-17)22-11-13-24-12-10-16-6-4-5-9-19(16)24/h1-9,15H,10-14H2,(H,22,25). The molecule has 2 heterocycles. The van der Waals surface area contributed by atoms with Gasteiger partial charge in [0, 0.05) is 36.3 Å². The highest BCUT2D eigenvalue weighted by Crippen LogP contribution is 2.26. The second-order valence-corrected chi connectivity index (χ2v) is 7.26. The zero-order valence-corrected chi connectivity index (χ0v) is 15.3. The Bertz CT molecular complexity index is 891. The Morgan fingerprint density at radius 2 is 1.92 bits per heavy atom. The number of hydrogen-bond donors (Lipinski definition) is 1. The molecule has 0 fully saturated rings. The van der Waals surface area contributed by atoms with Crippen LogP contribution in [0.2, 0.25) is 0 Å². The van der Waals surface area contributed by atoms with Crippen molar-refractivity contribution in [3.63, 3.8) is 0 Å². The summed E-state index contributed by atoms with van der Waals surface area (Å²) in [6, 6.07) is 18.6. The Labute approximate surface area is 157 Å². The van der Waals surface area contributed by atoms with Gasteiger partial charge in [-0.1, -0.05) is 48.5 Å². The molecule has 0 spiro atoms. The van der Waals surface area contributed by atoms with Gasteiger partial charge in [-0.2, -0.15) is 0 Å². The van der Waals surface area contributed by atoms with Crippen molar-refractivity contribution in [3.05, 3.63) is 71.2 Å². The minimum atomic E-state index is 0.0300. The first kappa shape index (κ1) is 16.8. The lowest BCUT2D eigenvalue weighted by Crippen LogP contribution is -2.34. The monoisotopic (exact) mass is 363 g/mol. The minimum absolute atomic E-state index is 0.0300. The van der Waals surface area contributed by atoms with Gasteiger partial charge in [0.15, 0.2) is 0 Å². The number of benzene rings is 2. The summed E-state index contributed by atoms with van der Waals surface area (Å²) in [5.41, 5.74) is 4.62. The van der Waals surface area contributed by atoms with E-state index in [1.807, 2.05) is 35.7 Å². The van der Waals surface area contributed by atoms with E-state index in [2.05, 4.69) is 39.5 Å². The van der Waals surface area contributed by atoms with E-state index in [1.165, 1.54) is 11.3 Å². The van der Waals surface area contributed by atoms with Crippen molar-refractivity contribution in [1.29, 1.82) is 0 Å². The number of nitrogens with zero attached hydrogens (tertiary/aromatic N) is 2. The van der Waals surface area contributed by atoms with Crippen molar-refractivity contribution in [2.45, 2.75) is 12.8 Å². The summed E-state index contributed by atoms with van der Waals surface area (Å²) in [5.74, 6) is 0.0300. The predicted octanol–water partition coefficient (Wildman–Crippen LogP) is 3.53. The zero-order chi connectivity index (χ0) is 17.8. The van der Waals surface area contributed by atoms with Gasteiger partial charge in [0.25, 0.3) is 0 Å². The van der Waals surface area contributed by atoms with Gasteiger partial charge in [0.1, 0.15) is 5.01 Å². The minimum Gasteiger partial charge on any atom is -0.369 e. The third kappa shape index (κ3) is 3.78. The second-order valence-electron chi connectivity index (χ2n) is 6.40. The van der Waals surface area contributed by atoms with Crippen LogP contribution < -0.4 is 10.2 Å². The van der Waals surface area contributed by atoms with Crippen LogP contribution >= 0.6 is 11.3 Å². The average molecular weight is 363 g/mol. The maximum absolute atomic E-state index is 12.2. The third-order valence-corrected chi connectivity index (χ3v) is 5.54. The lowest BCUT2D eigenvalue weighted by Gasteiger charge is -2.19. The topological polar surface area (TPSA) is 45.2 Å². The van der Waals surface area contributed by atoms with Crippen LogP contribution in [0.15, 0.2) is 60.0 Å². The van der Waals surface area contributed by atoms with Crippen molar-refractivity contribution in [1.82, 2.24) is 10.3 Å². The van der Waals surface area contributed by atoms with Crippen LogP contribution in [0.25, 0.3) is 10.6 Å². The van der Waals surface area contributed by atoms with Crippen molar-refractivity contribution in [2.75, 3.05) is 24.5 Å². The van der Waals surface area contributed by atoms with Crippen LogP contribution in [-0.4, -0.2) is 30.5 Å². The number of fused-ring (bicyclic) bond motifs is 1. The molecule has 1 N–H and O–H groups in total. The molecule has 1 amide bonds. The van der Waals surface area contributed by atoms with Crippen LogP contribution in [0.4, 0.5) is 5.69 Å². The van der Waals surface area contributed by atoms with Crippen LogP contribution in [-0.2, 0) is 17.6 Å². The Morgan fingerprint density at radius 1 is 1.12 bits per heavy atom. The molecule has 4 nitrogen and oxygen atoms in total. The van der Waals surface area contributed by atoms with Gasteiger partial charge in [-0.05, 0) is 18.1 Å². The molecule has 0 radical (unpaired) electrons. The summed E-state index contributed by atoms with van der Waals surface area (Å²) in [7, 11) is 0. The summed E-state index contributed by atoms with van der Waals surface area (Å²) < 4.78 is 0. The van der Waals surface area contributed by atoms with E-state index >= 15 is 0 Å². The number of aromatic nitrogens is 1. The molecule has 1 aliphatic rings. The number of rotatable bonds is 6. The number of para-hydroxylation sites is 1. The van der Waals surface area contributed by atoms with Gasteiger partial charge in [0.05, 0.1) is 12.1 Å². The molecule has 0 unspecified atom stereocenters. The van der Waals surface area contributed by atoms with Crippen molar-refractivity contribution >= 4 is 22.9 Å². The molecule has 0 saturated heterocycles. The van der Waals surface area contributed by atoms with Crippen LogP contribution in [0.3, 0.4) is 0 Å². The van der Waals surface area contributed by atoms with E-state index in [4.69, 9.17) is 0 Å². The van der Waals surface area contributed by atoms with Gasteiger partial charge in [-0.3, -0.25) is 4.79 Å². The molecule has 0 saturated carbocycles. The normalized spacial score (nSPS) is 12.8. The molecule has 4 rings (SSSR count). The number of nitrogens with one attached hydrogen (secondary N) is 1. The lowest BCUT2D eigenvalue weighted by molar-refractivity contribution is -0.120. The number of thiazole rings is 1. The highest BCUT2D eigenvalue weighted by Gasteiger charge is 2.17. The number of amides is 1. The highest BCUT2D eigenvalue weighted by atomic mass is 32.1. The Morgan fingerprint density at radius 3 is 2.81 bits per heavy atom. The summed E-state index contributed by atoms with van der Waals surface area (Å²) >= 11 is 1.58. The van der Waals surface area contributed by atoms with Crippen LogP contribution in [0.5, 0.6) is 0 Å². The van der Waals surface area contributed by atoms with Gasteiger partial charge >= 0.3 is 0 Å². The van der Waals surface area contributed by atoms with Gasteiger partial charge in [-0.25, -0.2) is 4.98 Å². The molecular weight excluding hydrogens is 342 g/mol. The lowest BCUT2D eigenvalue weighted by atomic mass is 10.2. The van der Waals surface area contributed by atoms with Crippen molar-refractivity contribution < 1.29 is 4.79 Å². The average Bonchev–Trinajstić information content (AvgIpc) is 3.30. The quantitative estimate of drug-likeness (QED) is 0.729.